The van der Waals surface area contributed by atoms with Gasteiger partial charge in [0.1, 0.15) is 5.60 Å². The Labute approximate surface area is 113 Å². The van der Waals surface area contributed by atoms with E-state index in [2.05, 4.69) is 40.4 Å². The molecular formula is C14H28O3Si. The average Bonchev–Trinajstić information content (AvgIpc) is 2.09. The van der Waals surface area contributed by atoms with Gasteiger partial charge in [-0.1, -0.05) is 27.4 Å². The van der Waals surface area contributed by atoms with Crippen LogP contribution in [-0.2, 0) is 14.0 Å². The van der Waals surface area contributed by atoms with Crippen molar-refractivity contribution in [2.24, 2.45) is 0 Å². The van der Waals surface area contributed by atoms with Gasteiger partial charge < -0.3 is 9.16 Å². The third-order valence-electron chi connectivity index (χ3n) is 3.10. The summed E-state index contributed by atoms with van der Waals surface area (Å²) in [6, 6.07) is 0. The Balaban J connectivity index is 4.41. The van der Waals surface area contributed by atoms with Crippen LogP contribution in [-0.4, -0.2) is 26.5 Å². The van der Waals surface area contributed by atoms with Gasteiger partial charge in [0.2, 0.25) is 0 Å². The van der Waals surface area contributed by atoms with E-state index in [1.54, 1.807) is 0 Å². The van der Waals surface area contributed by atoms with Crippen molar-refractivity contribution >= 4 is 14.3 Å². The van der Waals surface area contributed by atoms with Gasteiger partial charge in [-0.2, -0.15) is 0 Å². The summed E-state index contributed by atoms with van der Waals surface area (Å²) >= 11 is 0. The molecule has 0 saturated heterocycles. The second kappa shape index (κ2) is 5.57. The SMILES string of the molecule is C=C(CO[Si](C)(C)C(C)(C)C)C(=O)OC(C)(C)C. The third-order valence-corrected chi connectivity index (χ3v) is 7.58. The first-order valence-electron chi connectivity index (χ1n) is 6.31. The first kappa shape index (κ1) is 17.4. The molecule has 0 spiro atoms. The first-order chi connectivity index (χ1) is 7.76. The zero-order chi connectivity index (χ0) is 14.8. The highest BCUT2D eigenvalue weighted by molar-refractivity contribution is 6.74. The Bertz CT molecular complexity index is 319. The third kappa shape index (κ3) is 5.82. The summed E-state index contributed by atoms with van der Waals surface area (Å²) in [4.78, 5) is 11.7. The van der Waals surface area contributed by atoms with Crippen molar-refractivity contribution in [3.05, 3.63) is 12.2 Å². The molecule has 0 aliphatic heterocycles. The van der Waals surface area contributed by atoms with E-state index in [1.165, 1.54) is 0 Å². The van der Waals surface area contributed by atoms with Crippen LogP contribution < -0.4 is 0 Å². The predicted octanol–water partition coefficient (Wildman–Crippen LogP) is 3.91. The summed E-state index contributed by atoms with van der Waals surface area (Å²) in [6.45, 7) is 20.3. The number of hydrogen-bond acceptors (Lipinski definition) is 3. The second-order valence-corrected chi connectivity index (χ2v) is 12.0. The minimum atomic E-state index is -1.84. The van der Waals surface area contributed by atoms with Crippen molar-refractivity contribution < 1.29 is 14.0 Å². The first-order valence-corrected chi connectivity index (χ1v) is 9.22. The monoisotopic (exact) mass is 272 g/mol. The van der Waals surface area contributed by atoms with Crippen molar-refractivity contribution in [2.75, 3.05) is 6.61 Å². The molecule has 3 nitrogen and oxygen atoms in total. The molecule has 0 N–H and O–H groups in total. The van der Waals surface area contributed by atoms with Crippen molar-refractivity contribution in [1.82, 2.24) is 0 Å². The van der Waals surface area contributed by atoms with E-state index in [0.717, 1.165) is 0 Å². The van der Waals surface area contributed by atoms with E-state index in [-0.39, 0.29) is 17.6 Å². The van der Waals surface area contributed by atoms with Gasteiger partial charge in [-0.15, -0.1) is 0 Å². The van der Waals surface area contributed by atoms with Crippen LogP contribution in [0.1, 0.15) is 41.5 Å². The molecule has 0 aromatic rings. The van der Waals surface area contributed by atoms with Crippen molar-refractivity contribution in [3.63, 3.8) is 0 Å². The van der Waals surface area contributed by atoms with Gasteiger partial charge in [-0.05, 0) is 38.9 Å². The molecule has 0 aromatic heterocycles. The van der Waals surface area contributed by atoms with Gasteiger partial charge in [0, 0.05) is 0 Å². The Hall–Kier alpha value is -0.613. The topological polar surface area (TPSA) is 35.5 Å². The largest absolute Gasteiger partial charge is 0.457 e. The predicted molar refractivity (Wildman–Crippen MR) is 78.1 cm³/mol. The van der Waals surface area contributed by atoms with E-state index < -0.39 is 13.9 Å². The fourth-order valence-electron chi connectivity index (χ4n) is 0.893. The van der Waals surface area contributed by atoms with Crippen LogP contribution in [0.5, 0.6) is 0 Å². The molecule has 0 amide bonds. The Morgan fingerprint density at radius 1 is 1.11 bits per heavy atom. The number of esters is 1. The molecule has 4 heteroatoms. The number of carbonyl (C=O) groups excluding carboxylic acids is 1. The molecule has 0 bridgehead atoms. The average molecular weight is 272 g/mol. The summed E-state index contributed by atoms with van der Waals surface area (Å²) < 4.78 is 11.2. The van der Waals surface area contributed by atoms with Crippen LogP contribution >= 0.6 is 0 Å². The van der Waals surface area contributed by atoms with Gasteiger partial charge in [-0.25, -0.2) is 4.79 Å². The lowest BCUT2D eigenvalue weighted by molar-refractivity contribution is -0.150. The highest BCUT2D eigenvalue weighted by atomic mass is 28.4. The normalized spacial score (nSPS) is 13.3. The lowest BCUT2D eigenvalue weighted by Crippen LogP contribution is -2.41. The molecular weight excluding hydrogens is 244 g/mol. The van der Waals surface area contributed by atoms with E-state index >= 15 is 0 Å². The fraction of sp³-hybridized carbons (Fsp3) is 0.786. The smallest absolute Gasteiger partial charge is 0.336 e. The van der Waals surface area contributed by atoms with Crippen LogP contribution in [0.4, 0.5) is 0 Å². The van der Waals surface area contributed by atoms with E-state index in [4.69, 9.17) is 9.16 Å². The lowest BCUT2D eigenvalue weighted by Gasteiger charge is -2.36. The zero-order valence-electron chi connectivity index (χ0n) is 13.1. The number of hydrogen-bond donors (Lipinski definition) is 0. The van der Waals surface area contributed by atoms with Crippen LogP contribution in [0.25, 0.3) is 0 Å². The van der Waals surface area contributed by atoms with Gasteiger partial charge in [-0.3, -0.25) is 0 Å². The van der Waals surface area contributed by atoms with Gasteiger partial charge in [0.25, 0.3) is 0 Å². The van der Waals surface area contributed by atoms with Crippen LogP contribution in [0.2, 0.25) is 18.1 Å². The van der Waals surface area contributed by atoms with Gasteiger partial charge in [0.05, 0.1) is 12.2 Å². The molecule has 0 saturated carbocycles. The highest BCUT2D eigenvalue weighted by Crippen LogP contribution is 2.36. The van der Waals surface area contributed by atoms with Gasteiger partial charge in [0.15, 0.2) is 8.32 Å². The minimum Gasteiger partial charge on any atom is -0.457 e. The summed E-state index contributed by atoms with van der Waals surface area (Å²) in [5, 5.41) is 0.126. The number of ether oxygens (including phenoxy) is 1. The van der Waals surface area contributed by atoms with E-state index in [1.807, 2.05) is 20.8 Å². The highest BCUT2D eigenvalue weighted by Gasteiger charge is 2.37. The molecule has 0 aromatic carbocycles. The van der Waals surface area contributed by atoms with Crippen molar-refractivity contribution in [2.45, 2.75) is 65.3 Å². The van der Waals surface area contributed by atoms with E-state index in [9.17, 15) is 4.79 Å². The van der Waals surface area contributed by atoms with Crippen LogP contribution in [0.15, 0.2) is 12.2 Å². The van der Waals surface area contributed by atoms with Crippen LogP contribution in [0, 0.1) is 0 Å². The molecule has 0 aliphatic carbocycles. The summed E-state index contributed by atoms with van der Waals surface area (Å²) in [7, 11) is -1.84. The maximum absolute atomic E-state index is 11.7. The molecule has 0 radical (unpaired) electrons. The molecule has 0 fully saturated rings. The second-order valence-electron chi connectivity index (χ2n) is 7.15. The zero-order valence-corrected chi connectivity index (χ0v) is 14.1. The fourth-order valence-corrected chi connectivity index (χ4v) is 1.86. The molecule has 0 aliphatic rings. The summed E-state index contributed by atoms with van der Waals surface area (Å²) in [5.41, 5.74) is -0.105. The lowest BCUT2D eigenvalue weighted by atomic mass is 10.2. The van der Waals surface area contributed by atoms with Gasteiger partial charge >= 0.3 is 5.97 Å². The number of rotatable bonds is 4. The van der Waals surface area contributed by atoms with Crippen molar-refractivity contribution in [1.29, 1.82) is 0 Å². The maximum atomic E-state index is 11.7. The Morgan fingerprint density at radius 3 is 1.89 bits per heavy atom. The minimum absolute atomic E-state index is 0.126. The maximum Gasteiger partial charge on any atom is 0.336 e. The molecule has 106 valence electrons. The molecule has 0 atom stereocenters. The molecule has 0 heterocycles. The quantitative estimate of drug-likeness (QED) is 0.442. The molecule has 0 unspecified atom stereocenters. The standard InChI is InChI=1S/C14H28O3Si/c1-11(12(15)17-13(2,3)4)10-16-18(8,9)14(5,6)7/h1,10H2,2-9H3. The molecule has 0 rings (SSSR count). The van der Waals surface area contributed by atoms with E-state index in [0.29, 0.717) is 5.57 Å². The Morgan fingerprint density at radius 2 is 1.56 bits per heavy atom. The van der Waals surface area contributed by atoms with Crippen molar-refractivity contribution in [3.8, 4) is 0 Å². The summed E-state index contributed by atoms with van der Waals surface area (Å²) in [6.07, 6.45) is 0. The number of carbonyl (C=O) groups is 1. The Kier molecular flexibility index (Phi) is 5.38. The molecule has 18 heavy (non-hydrogen) atoms. The summed E-state index contributed by atoms with van der Waals surface area (Å²) in [5.74, 6) is -0.374. The van der Waals surface area contributed by atoms with Crippen LogP contribution in [0.3, 0.4) is 0 Å².